The van der Waals surface area contributed by atoms with Crippen LogP contribution in [0.3, 0.4) is 0 Å². The van der Waals surface area contributed by atoms with Gasteiger partial charge in [0.1, 0.15) is 12.6 Å². The van der Waals surface area contributed by atoms with Crippen LogP contribution < -0.4 is 0 Å². The standard InChI is InChI=1S/C19H20F3NO4/c1-11(23-16(24)14-7-2-3-8-15(14)17(23)25)18(26)27-10-12-5-4-6-13(9-12)19(20,21)22/h4-6,9,11,14-15H,2-3,7-8,10H2,1H3/t11-,14?,15?/m0/s1. The average molecular weight is 383 g/mol. The van der Waals surface area contributed by atoms with E-state index in [1.165, 1.54) is 19.1 Å². The summed E-state index contributed by atoms with van der Waals surface area (Å²) >= 11 is 0. The van der Waals surface area contributed by atoms with Crippen molar-refractivity contribution in [2.75, 3.05) is 0 Å². The molecule has 0 N–H and O–H groups in total. The molecule has 5 nitrogen and oxygen atoms in total. The molecule has 1 aliphatic heterocycles. The van der Waals surface area contributed by atoms with Crippen molar-refractivity contribution < 1.29 is 32.3 Å². The van der Waals surface area contributed by atoms with Crippen molar-refractivity contribution in [1.82, 2.24) is 4.90 Å². The van der Waals surface area contributed by atoms with Gasteiger partial charge in [0.2, 0.25) is 11.8 Å². The summed E-state index contributed by atoms with van der Waals surface area (Å²) in [6, 6.07) is 3.37. The van der Waals surface area contributed by atoms with Crippen LogP contribution >= 0.6 is 0 Å². The summed E-state index contributed by atoms with van der Waals surface area (Å²) in [6.45, 7) is 1.04. The molecule has 0 spiro atoms. The maximum atomic E-state index is 12.7. The zero-order valence-corrected chi connectivity index (χ0v) is 14.8. The zero-order valence-electron chi connectivity index (χ0n) is 14.8. The van der Waals surface area contributed by atoms with Crippen molar-refractivity contribution in [2.24, 2.45) is 11.8 Å². The number of alkyl halides is 3. The lowest BCUT2D eigenvalue weighted by Gasteiger charge is -2.21. The molecule has 2 unspecified atom stereocenters. The molecular formula is C19H20F3NO4. The Morgan fingerprint density at radius 2 is 1.78 bits per heavy atom. The van der Waals surface area contributed by atoms with Gasteiger partial charge >= 0.3 is 12.1 Å². The van der Waals surface area contributed by atoms with Crippen LogP contribution in [0.25, 0.3) is 0 Å². The Morgan fingerprint density at radius 1 is 1.19 bits per heavy atom. The normalized spacial score (nSPS) is 23.9. The number of benzene rings is 1. The molecule has 2 fully saturated rings. The first-order valence-corrected chi connectivity index (χ1v) is 8.90. The van der Waals surface area contributed by atoms with Gasteiger partial charge in [-0.05, 0) is 37.5 Å². The Hall–Kier alpha value is -2.38. The Kier molecular flexibility index (Phi) is 5.26. The summed E-state index contributed by atoms with van der Waals surface area (Å²) in [5.74, 6) is -2.26. The average Bonchev–Trinajstić information content (AvgIpc) is 2.90. The van der Waals surface area contributed by atoms with Crippen molar-refractivity contribution in [3.8, 4) is 0 Å². The highest BCUT2D eigenvalue weighted by Crippen LogP contribution is 2.39. The number of rotatable bonds is 4. The van der Waals surface area contributed by atoms with E-state index in [0.717, 1.165) is 29.9 Å². The molecule has 146 valence electrons. The fourth-order valence-electron chi connectivity index (χ4n) is 3.79. The number of fused-ring (bicyclic) bond motifs is 1. The maximum Gasteiger partial charge on any atom is 0.416 e. The van der Waals surface area contributed by atoms with E-state index in [4.69, 9.17) is 4.74 Å². The minimum atomic E-state index is -4.49. The van der Waals surface area contributed by atoms with Crippen LogP contribution in [-0.2, 0) is 31.9 Å². The van der Waals surface area contributed by atoms with Gasteiger partial charge < -0.3 is 4.74 Å². The van der Waals surface area contributed by atoms with Gasteiger partial charge in [-0.25, -0.2) is 4.79 Å². The zero-order chi connectivity index (χ0) is 19.8. The van der Waals surface area contributed by atoms with Gasteiger partial charge in [-0.3, -0.25) is 14.5 Å². The highest BCUT2D eigenvalue weighted by Gasteiger charge is 2.51. The van der Waals surface area contributed by atoms with Crippen molar-refractivity contribution in [3.63, 3.8) is 0 Å². The number of likely N-dealkylation sites (tertiary alicyclic amines) is 1. The molecule has 0 radical (unpaired) electrons. The quantitative estimate of drug-likeness (QED) is 0.591. The number of carbonyl (C=O) groups excluding carboxylic acids is 3. The summed E-state index contributed by atoms with van der Waals surface area (Å²) in [4.78, 5) is 38.3. The summed E-state index contributed by atoms with van der Waals surface area (Å²) in [5, 5.41) is 0. The molecule has 0 bridgehead atoms. The van der Waals surface area contributed by atoms with Crippen LogP contribution in [0.1, 0.15) is 43.7 Å². The number of halogens is 3. The molecule has 2 aliphatic rings. The first-order chi connectivity index (χ1) is 12.7. The van der Waals surface area contributed by atoms with E-state index in [9.17, 15) is 27.6 Å². The largest absolute Gasteiger partial charge is 0.459 e. The van der Waals surface area contributed by atoms with Crippen LogP contribution in [-0.4, -0.2) is 28.7 Å². The molecule has 1 aliphatic carbocycles. The van der Waals surface area contributed by atoms with E-state index < -0.39 is 23.8 Å². The topological polar surface area (TPSA) is 63.7 Å². The molecule has 1 heterocycles. The van der Waals surface area contributed by atoms with Crippen LogP contribution in [0.2, 0.25) is 0 Å². The van der Waals surface area contributed by atoms with Crippen molar-refractivity contribution in [3.05, 3.63) is 35.4 Å². The number of carbonyl (C=O) groups is 3. The molecule has 1 saturated heterocycles. The predicted molar refractivity (Wildman–Crippen MR) is 88.0 cm³/mol. The molecule has 1 aromatic carbocycles. The van der Waals surface area contributed by atoms with Crippen molar-refractivity contribution in [1.29, 1.82) is 0 Å². The van der Waals surface area contributed by atoms with E-state index >= 15 is 0 Å². The fourth-order valence-corrected chi connectivity index (χ4v) is 3.79. The Morgan fingerprint density at radius 3 is 2.33 bits per heavy atom. The first kappa shape index (κ1) is 19.4. The third-order valence-electron chi connectivity index (χ3n) is 5.24. The smallest absolute Gasteiger partial charge is 0.416 e. The number of ether oxygens (including phenoxy) is 1. The van der Waals surface area contributed by atoms with Crippen LogP contribution in [0.4, 0.5) is 13.2 Å². The van der Waals surface area contributed by atoms with Crippen molar-refractivity contribution >= 4 is 17.8 Å². The van der Waals surface area contributed by atoms with Gasteiger partial charge in [-0.1, -0.05) is 25.0 Å². The fraction of sp³-hybridized carbons (Fsp3) is 0.526. The van der Waals surface area contributed by atoms with E-state index in [1.54, 1.807) is 0 Å². The SMILES string of the molecule is C[C@@H](C(=O)OCc1cccc(C(F)(F)F)c1)N1C(=O)C2CCCCC2C1=O. The predicted octanol–water partition coefficient (Wildman–Crippen LogP) is 3.31. The van der Waals surface area contributed by atoms with E-state index in [2.05, 4.69) is 0 Å². The molecule has 27 heavy (non-hydrogen) atoms. The molecular weight excluding hydrogens is 363 g/mol. The molecule has 3 atom stereocenters. The van der Waals surface area contributed by atoms with Gasteiger partial charge in [-0.2, -0.15) is 13.2 Å². The van der Waals surface area contributed by atoms with E-state index in [-0.39, 0.29) is 35.8 Å². The second-order valence-electron chi connectivity index (χ2n) is 7.03. The lowest BCUT2D eigenvalue weighted by atomic mass is 9.81. The summed E-state index contributed by atoms with van der Waals surface area (Å²) in [7, 11) is 0. The molecule has 8 heteroatoms. The summed E-state index contributed by atoms with van der Waals surface area (Å²) < 4.78 is 43.3. The lowest BCUT2D eigenvalue weighted by Crippen LogP contribution is -2.44. The number of imide groups is 1. The second-order valence-corrected chi connectivity index (χ2v) is 7.03. The first-order valence-electron chi connectivity index (χ1n) is 8.90. The van der Waals surface area contributed by atoms with Gasteiger partial charge in [0.15, 0.2) is 0 Å². The monoisotopic (exact) mass is 383 g/mol. The Bertz CT molecular complexity index is 738. The molecule has 2 amide bonds. The minimum Gasteiger partial charge on any atom is -0.459 e. The number of esters is 1. The molecule has 1 saturated carbocycles. The van der Waals surface area contributed by atoms with E-state index in [0.29, 0.717) is 12.8 Å². The summed E-state index contributed by atoms with van der Waals surface area (Å²) in [6.07, 6.45) is -1.46. The third kappa shape index (κ3) is 3.84. The lowest BCUT2D eigenvalue weighted by molar-refractivity contribution is -0.159. The van der Waals surface area contributed by atoms with Gasteiger partial charge in [0.05, 0.1) is 17.4 Å². The number of amides is 2. The third-order valence-corrected chi connectivity index (χ3v) is 5.24. The maximum absolute atomic E-state index is 12.7. The number of hydrogen-bond donors (Lipinski definition) is 0. The number of hydrogen-bond acceptors (Lipinski definition) is 4. The number of nitrogens with zero attached hydrogens (tertiary/aromatic N) is 1. The highest BCUT2D eigenvalue weighted by atomic mass is 19.4. The van der Waals surface area contributed by atoms with Gasteiger partial charge in [-0.15, -0.1) is 0 Å². The van der Waals surface area contributed by atoms with Gasteiger partial charge in [0.25, 0.3) is 0 Å². The molecule has 3 rings (SSSR count). The second kappa shape index (κ2) is 7.32. The molecule has 0 aromatic heterocycles. The van der Waals surface area contributed by atoms with Gasteiger partial charge in [0, 0.05) is 0 Å². The summed E-state index contributed by atoms with van der Waals surface area (Å²) in [5.41, 5.74) is -0.656. The van der Waals surface area contributed by atoms with E-state index in [1.807, 2.05) is 0 Å². The molecule has 1 aromatic rings. The van der Waals surface area contributed by atoms with Crippen LogP contribution in [0, 0.1) is 11.8 Å². The van der Waals surface area contributed by atoms with Crippen LogP contribution in [0.15, 0.2) is 24.3 Å². The van der Waals surface area contributed by atoms with Crippen LogP contribution in [0.5, 0.6) is 0 Å². The Labute approximate surface area is 154 Å². The Balaban J connectivity index is 1.65. The van der Waals surface area contributed by atoms with Crippen molar-refractivity contribution in [2.45, 2.75) is 51.4 Å². The minimum absolute atomic E-state index is 0.179. The highest BCUT2D eigenvalue weighted by molar-refractivity contribution is 6.07.